The van der Waals surface area contributed by atoms with Crippen molar-refractivity contribution in [3.05, 3.63) is 65.7 Å². The number of carbonyl (C=O) groups is 1. The largest absolute Gasteiger partial charge is 1.00 e. The fourth-order valence-electron chi connectivity index (χ4n) is 2.17. The van der Waals surface area contributed by atoms with Crippen LogP contribution in [-0.4, -0.2) is 31.5 Å². The number of hydrogen-bond acceptors (Lipinski definition) is 6. The maximum atomic E-state index is 11.5. The van der Waals surface area contributed by atoms with Crippen LogP contribution in [0.4, 0.5) is 0 Å². The van der Waals surface area contributed by atoms with Gasteiger partial charge in [-0.05, 0) is 44.0 Å². The van der Waals surface area contributed by atoms with Crippen molar-refractivity contribution < 1.29 is 84.5 Å². The topological polar surface area (TPSA) is 133 Å². The molecule has 0 saturated carbocycles. The van der Waals surface area contributed by atoms with Crippen LogP contribution in [0.15, 0.2) is 59.5 Å². The number of rotatable bonds is 8. The third kappa shape index (κ3) is 13.9. The predicted octanol–water partition coefficient (Wildman–Crippen LogP) is -3.34. The first-order valence-corrected chi connectivity index (χ1v) is 10.4. The Morgan fingerprint density at radius 1 is 1.07 bits per heavy atom. The van der Waals surface area contributed by atoms with Crippen LogP contribution < -0.4 is 70.6 Å². The number of unbranched alkanes of at least 4 members (excludes halogenated alkanes) is 1. The summed E-state index contributed by atoms with van der Waals surface area (Å²) >= 11 is 0. The van der Waals surface area contributed by atoms with Crippen LogP contribution in [0.5, 0.6) is 0 Å². The molecule has 2 aromatic rings. The molecule has 0 fully saturated rings. The third-order valence-corrected chi connectivity index (χ3v) is 4.68. The fraction of sp³-hybridized carbons (Fsp3) is 0.350. The molecule has 7 nitrogen and oxygen atoms in total. The molecule has 0 bridgehead atoms. The molecule has 0 heterocycles. The van der Waals surface area contributed by atoms with Gasteiger partial charge in [-0.15, -0.1) is 0 Å². The van der Waals surface area contributed by atoms with Crippen LogP contribution in [0.25, 0.3) is 0 Å². The summed E-state index contributed by atoms with van der Waals surface area (Å²) in [6.45, 7) is 2.75. The van der Waals surface area contributed by atoms with Crippen LogP contribution in [0.2, 0.25) is 0 Å². The minimum atomic E-state index is -4.02. The van der Waals surface area contributed by atoms with E-state index in [2.05, 4.69) is 0 Å². The molecule has 2 rings (SSSR count). The second-order valence-electron chi connectivity index (χ2n) is 6.27. The van der Waals surface area contributed by atoms with Gasteiger partial charge in [-0.25, -0.2) is 0 Å². The minimum absolute atomic E-state index is 0. The third-order valence-electron chi connectivity index (χ3n) is 3.81. The SMILES string of the molecule is Cc1ccc(S(=O)(=O)O)cc1.NCCCC[C@H](N)C(=O)OCc1ccccc1.[H-].[H-].[Na+].[Na+]. The number of benzene rings is 2. The first-order chi connectivity index (χ1) is 13.2. The molecule has 0 radical (unpaired) electrons. The zero-order chi connectivity index (χ0) is 21.0. The van der Waals surface area contributed by atoms with Gasteiger partial charge < -0.3 is 19.1 Å². The maximum absolute atomic E-state index is 11.5. The molecular weight excluding hydrogens is 426 g/mol. The van der Waals surface area contributed by atoms with E-state index in [-0.39, 0.29) is 79.4 Å². The molecule has 30 heavy (non-hydrogen) atoms. The molecule has 0 unspecified atom stereocenters. The molecule has 2 aromatic carbocycles. The Labute approximate surface area is 226 Å². The Morgan fingerprint density at radius 3 is 2.13 bits per heavy atom. The van der Waals surface area contributed by atoms with E-state index in [0.717, 1.165) is 24.0 Å². The predicted molar refractivity (Wildman–Crippen MR) is 110 cm³/mol. The number of esters is 1. The molecular formula is C20H30N2Na2O5S. The molecule has 1 atom stereocenters. The molecule has 0 aliphatic rings. The monoisotopic (exact) mass is 456 g/mol. The van der Waals surface area contributed by atoms with Crippen molar-refractivity contribution in [2.45, 2.75) is 43.7 Å². The Hall–Kier alpha value is -0.260. The van der Waals surface area contributed by atoms with Crippen LogP contribution in [0.3, 0.4) is 0 Å². The normalized spacial score (nSPS) is 11.1. The van der Waals surface area contributed by atoms with Gasteiger partial charge in [0, 0.05) is 0 Å². The van der Waals surface area contributed by atoms with Gasteiger partial charge in [-0.1, -0.05) is 54.4 Å². The first kappa shape index (κ1) is 31.9. The Balaban J connectivity index is -0.000000232. The van der Waals surface area contributed by atoms with Crippen molar-refractivity contribution in [2.24, 2.45) is 11.5 Å². The smallest absolute Gasteiger partial charge is 1.00 e. The Morgan fingerprint density at radius 2 is 1.63 bits per heavy atom. The van der Waals surface area contributed by atoms with Gasteiger partial charge in [-0.2, -0.15) is 8.42 Å². The van der Waals surface area contributed by atoms with Gasteiger partial charge in [0.2, 0.25) is 0 Å². The number of carbonyl (C=O) groups excluding carboxylic acids is 1. The molecule has 158 valence electrons. The summed E-state index contributed by atoms with van der Waals surface area (Å²) in [6.07, 6.45) is 2.38. The van der Waals surface area contributed by atoms with Gasteiger partial charge in [0.05, 0.1) is 4.90 Å². The number of hydrogen-bond donors (Lipinski definition) is 3. The van der Waals surface area contributed by atoms with Crippen molar-refractivity contribution in [3.8, 4) is 0 Å². The van der Waals surface area contributed by atoms with Crippen LogP contribution in [0, 0.1) is 6.92 Å². The Bertz CT molecular complexity index is 830. The van der Waals surface area contributed by atoms with E-state index < -0.39 is 16.2 Å². The van der Waals surface area contributed by atoms with E-state index >= 15 is 0 Å². The summed E-state index contributed by atoms with van der Waals surface area (Å²) in [7, 11) is -4.02. The first-order valence-electron chi connectivity index (χ1n) is 8.94. The number of nitrogens with two attached hydrogens (primary N) is 2. The molecule has 0 saturated heterocycles. The van der Waals surface area contributed by atoms with Crippen molar-refractivity contribution in [3.63, 3.8) is 0 Å². The van der Waals surface area contributed by atoms with Gasteiger partial charge in [0.15, 0.2) is 0 Å². The minimum Gasteiger partial charge on any atom is -1.00 e. The van der Waals surface area contributed by atoms with E-state index in [1.165, 1.54) is 12.1 Å². The molecule has 0 aromatic heterocycles. The summed E-state index contributed by atoms with van der Waals surface area (Å²) in [6, 6.07) is 15.0. The number of aryl methyl sites for hydroxylation is 1. The molecule has 0 spiro atoms. The van der Waals surface area contributed by atoms with Crippen molar-refractivity contribution in [1.82, 2.24) is 0 Å². The summed E-state index contributed by atoms with van der Waals surface area (Å²) in [4.78, 5) is 11.5. The Kier molecular flexibility index (Phi) is 18.4. The van der Waals surface area contributed by atoms with Gasteiger partial charge >= 0.3 is 65.1 Å². The van der Waals surface area contributed by atoms with Crippen molar-refractivity contribution in [2.75, 3.05) is 6.54 Å². The molecule has 0 aliphatic heterocycles. The van der Waals surface area contributed by atoms with E-state index in [9.17, 15) is 13.2 Å². The van der Waals surface area contributed by atoms with Crippen molar-refractivity contribution in [1.29, 1.82) is 0 Å². The van der Waals surface area contributed by atoms with E-state index in [1.54, 1.807) is 12.1 Å². The number of ether oxygens (including phenoxy) is 1. The van der Waals surface area contributed by atoms with Gasteiger partial charge in [-0.3, -0.25) is 9.35 Å². The average Bonchev–Trinajstić information content (AvgIpc) is 2.67. The average molecular weight is 457 g/mol. The second-order valence-corrected chi connectivity index (χ2v) is 7.69. The van der Waals surface area contributed by atoms with Crippen LogP contribution in [-0.2, 0) is 26.3 Å². The van der Waals surface area contributed by atoms with E-state index in [4.69, 9.17) is 20.8 Å². The van der Waals surface area contributed by atoms with Crippen LogP contribution in [0.1, 0.15) is 33.2 Å². The van der Waals surface area contributed by atoms with E-state index in [1.807, 2.05) is 37.3 Å². The standard InChI is InChI=1S/C13H20N2O2.C7H8O3S.2Na.2H/c14-9-5-4-8-12(15)13(16)17-10-11-6-2-1-3-7-11;1-6-2-4-7(5-3-6)11(8,9)10;;;;/h1-3,6-7,12H,4-5,8-10,14-15H2;2-5H,1H3,(H,8,9,10);;;;/q;;2*+1;2*-1/t12-;;;;;/m0...../s1. The maximum Gasteiger partial charge on any atom is 1.00 e. The van der Waals surface area contributed by atoms with Crippen LogP contribution >= 0.6 is 0 Å². The zero-order valence-corrected chi connectivity index (χ0v) is 22.8. The van der Waals surface area contributed by atoms with E-state index in [0.29, 0.717) is 13.0 Å². The summed E-state index contributed by atoms with van der Waals surface area (Å²) in [5.74, 6) is -0.342. The summed E-state index contributed by atoms with van der Waals surface area (Å²) in [5, 5.41) is 0. The quantitative estimate of drug-likeness (QED) is 0.164. The second kappa shape index (κ2) is 17.3. The van der Waals surface area contributed by atoms with Gasteiger partial charge in [0.1, 0.15) is 12.6 Å². The van der Waals surface area contributed by atoms with Gasteiger partial charge in [0.25, 0.3) is 10.1 Å². The fourth-order valence-corrected chi connectivity index (χ4v) is 2.65. The zero-order valence-electron chi connectivity index (χ0n) is 20.0. The summed E-state index contributed by atoms with van der Waals surface area (Å²) in [5.41, 5.74) is 13.0. The summed E-state index contributed by atoms with van der Waals surface area (Å²) < 4.78 is 34.7. The molecule has 10 heteroatoms. The molecule has 5 N–H and O–H groups in total. The molecule has 0 amide bonds. The molecule has 0 aliphatic carbocycles. The van der Waals surface area contributed by atoms with Crippen molar-refractivity contribution >= 4 is 16.1 Å².